The van der Waals surface area contributed by atoms with Gasteiger partial charge in [-0.2, -0.15) is 0 Å². The Bertz CT molecular complexity index is 580. The molecule has 3 rings (SSSR count). The van der Waals surface area contributed by atoms with Crippen LogP contribution in [0, 0.1) is 17.7 Å². The summed E-state index contributed by atoms with van der Waals surface area (Å²) < 4.78 is 25.2. The van der Waals surface area contributed by atoms with Crippen LogP contribution in [0.15, 0.2) is 18.2 Å². The second-order valence-electron chi connectivity index (χ2n) is 7.18. The summed E-state index contributed by atoms with van der Waals surface area (Å²) in [6.45, 7) is 5.29. The van der Waals surface area contributed by atoms with E-state index in [0.29, 0.717) is 30.4 Å². The number of halogens is 1. The van der Waals surface area contributed by atoms with Crippen molar-refractivity contribution in [3.8, 4) is 0 Å². The molecule has 0 radical (unpaired) electrons. The number of benzene rings is 1. The van der Waals surface area contributed by atoms with E-state index in [1.54, 1.807) is 0 Å². The van der Waals surface area contributed by atoms with E-state index in [1.807, 2.05) is 19.1 Å². The van der Waals surface area contributed by atoms with Crippen LogP contribution < -0.4 is 4.90 Å². The third-order valence-corrected chi connectivity index (χ3v) is 5.43. The SMILES string of the molecule is C[C@@H](C(=O)OCc1ccc(N2CCCCC2)c(F)c1)C1CCOCC1. The van der Waals surface area contributed by atoms with Crippen molar-refractivity contribution in [2.75, 3.05) is 31.2 Å². The summed E-state index contributed by atoms with van der Waals surface area (Å²) in [6, 6.07) is 5.17. The lowest BCUT2D eigenvalue weighted by atomic mass is 9.87. The molecule has 5 heteroatoms. The first-order valence-electron chi connectivity index (χ1n) is 9.43. The quantitative estimate of drug-likeness (QED) is 0.755. The predicted octanol–water partition coefficient (Wildman–Crippen LogP) is 3.92. The molecule has 2 fully saturated rings. The van der Waals surface area contributed by atoms with Crippen LogP contribution in [0.4, 0.5) is 10.1 Å². The third kappa shape index (κ3) is 4.72. The summed E-state index contributed by atoms with van der Waals surface area (Å²) >= 11 is 0. The lowest BCUT2D eigenvalue weighted by molar-refractivity contribution is -0.152. The van der Waals surface area contributed by atoms with Gasteiger partial charge in [0, 0.05) is 26.3 Å². The maximum absolute atomic E-state index is 14.4. The summed E-state index contributed by atoms with van der Waals surface area (Å²) in [4.78, 5) is 14.3. The van der Waals surface area contributed by atoms with Gasteiger partial charge in [0.25, 0.3) is 0 Å². The molecule has 1 aromatic carbocycles. The van der Waals surface area contributed by atoms with E-state index in [0.717, 1.165) is 38.8 Å². The van der Waals surface area contributed by atoms with Gasteiger partial charge in [-0.3, -0.25) is 4.79 Å². The summed E-state index contributed by atoms with van der Waals surface area (Å²) in [5.74, 6) is -0.249. The van der Waals surface area contributed by atoms with Gasteiger partial charge in [-0.25, -0.2) is 4.39 Å². The zero-order valence-electron chi connectivity index (χ0n) is 15.0. The van der Waals surface area contributed by atoms with Crippen molar-refractivity contribution in [2.45, 2.75) is 45.6 Å². The van der Waals surface area contributed by atoms with E-state index in [4.69, 9.17) is 9.47 Å². The Morgan fingerprint density at radius 3 is 2.68 bits per heavy atom. The summed E-state index contributed by atoms with van der Waals surface area (Å²) in [5.41, 5.74) is 1.36. The zero-order chi connectivity index (χ0) is 17.6. The third-order valence-electron chi connectivity index (χ3n) is 5.43. The molecule has 2 heterocycles. The number of hydrogen-bond acceptors (Lipinski definition) is 4. The van der Waals surface area contributed by atoms with Crippen LogP contribution in [-0.4, -0.2) is 32.3 Å². The predicted molar refractivity (Wildman–Crippen MR) is 95.0 cm³/mol. The maximum Gasteiger partial charge on any atom is 0.309 e. The first-order chi connectivity index (χ1) is 12.1. The molecular weight excluding hydrogens is 321 g/mol. The van der Waals surface area contributed by atoms with Gasteiger partial charge < -0.3 is 14.4 Å². The fourth-order valence-electron chi connectivity index (χ4n) is 3.73. The summed E-state index contributed by atoms with van der Waals surface area (Å²) in [7, 11) is 0. The number of carbonyl (C=O) groups is 1. The Morgan fingerprint density at radius 1 is 1.28 bits per heavy atom. The van der Waals surface area contributed by atoms with Gasteiger partial charge in [0.2, 0.25) is 0 Å². The van der Waals surface area contributed by atoms with Crippen LogP contribution in [0.3, 0.4) is 0 Å². The van der Waals surface area contributed by atoms with Crippen molar-refractivity contribution in [3.05, 3.63) is 29.6 Å². The highest BCUT2D eigenvalue weighted by Crippen LogP contribution is 2.26. The van der Waals surface area contributed by atoms with Gasteiger partial charge in [0.05, 0.1) is 11.6 Å². The molecule has 0 aromatic heterocycles. The van der Waals surface area contributed by atoms with Crippen LogP contribution in [0.2, 0.25) is 0 Å². The van der Waals surface area contributed by atoms with Crippen molar-refractivity contribution >= 4 is 11.7 Å². The number of ether oxygens (including phenoxy) is 2. The zero-order valence-corrected chi connectivity index (χ0v) is 15.0. The van der Waals surface area contributed by atoms with E-state index >= 15 is 0 Å². The molecule has 25 heavy (non-hydrogen) atoms. The van der Waals surface area contributed by atoms with Gasteiger partial charge in [-0.05, 0) is 55.7 Å². The molecule has 138 valence electrons. The minimum atomic E-state index is -0.229. The highest BCUT2D eigenvalue weighted by molar-refractivity contribution is 5.72. The van der Waals surface area contributed by atoms with E-state index in [1.165, 1.54) is 12.5 Å². The Hall–Kier alpha value is -1.62. The molecule has 2 aliphatic heterocycles. The van der Waals surface area contributed by atoms with E-state index in [9.17, 15) is 9.18 Å². The van der Waals surface area contributed by atoms with Crippen molar-refractivity contribution in [3.63, 3.8) is 0 Å². The number of anilines is 1. The highest BCUT2D eigenvalue weighted by atomic mass is 19.1. The molecular formula is C20H28FNO3. The van der Waals surface area contributed by atoms with Gasteiger partial charge in [0.1, 0.15) is 12.4 Å². The monoisotopic (exact) mass is 349 g/mol. The Morgan fingerprint density at radius 2 is 2.00 bits per heavy atom. The number of esters is 1. The minimum absolute atomic E-state index is 0.129. The Balaban J connectivity index is 1.54. The standard InChI is InChI=1S/C20H28FNO3/c1-15(17-7-11-24-12-8-17)20(23)25-14-16-5-6-19(18(21)13-16)22-9-3-2-4-10-22/h5-6,13,15,17H,2-4,7-12,14H2,1H3/t15-/m1/s1. The minimum Gasteiger partial charge on any atom is -0.461 e. The number of rotatable bonds is 5. The molecule has 0 N–H and O–H groups in total. The smallest absolute Gasteiger partial charge is 0.309 e. The highest BCUT2D eigenvalue weighted by Gasteiger charge is 2.27. The maximum atomic E-state index is 14.4. The second kappa shape index (κ2) is 8.65. The van der Waals surface area contributed by atoms with Crippen LogP contribution in [-0.2, 0) is 20.9 Å². The van der Waals surface area contributed by atoms with Crippen LogP contribution in [0.25, 0.3) is 0 Å². The van der Waals surface area contributed by atoms with Gasteiger partial charge in [0.15, 0.2) is 0 Å². The van der Waals surface area contributed by atoms with E-state index in [-0.39, 0.29) is 24.3 Å². The summed E-state index contributed by atoms with van der Waals surface area (Å²) in [6.07, 6.45) is 5.24. The van der Waals surface area contributed by atoms with E-state index < -0.39 is 0 Å². The molecule has 4 nitrogen and oxygen atoms in total. The van der Waals surface area contributed by atoms with E-state index in [2.05, 4.69) is 4.90 Å². The molecule has 0 amide bonds. The molecule has 0 unspecified atom stereocenters. The van der Waals surface area contributed by atoms with Gasteiger partial charge in [-0.15, -0.1) is 0 Å². The molecule has 0 saturated carbocycles. The average Bonchev–Trinajstić information content (AvgIpc) is 2.67. The molecule has 0 aliphatic carbocycles. The lowest BCUT2D eigenvalue weighted by Gasteiger charge is -2.29. The molecule has 0 bridgehead atoms. The molecule has 2 aliphatic rings. The fraction of sp³-hybridized carbons (Fsp3) is 0.650. The second-order valence-corrected chi connectivity index (χ2v) is 7.18. The summed E-state index contributed by atoms with van der Waals surface area (Å²) in [5, 5.41) is 0. The molecule has 2 saturated heterocycles. The first kappa shape index (κ1) is 18.2. The lowest BCUT2D eigenvalue weighted by Crippen LogP contribution is -2.30. The fourth-order valence-corrected chi connectivity index (χ4v) is 3.73. The van der Waals surface area contributed by atoms with Crippen molar-refractivity contribution < 1.29 is 18.7 Å². The first-order valence-corrected chi connectivity index (χ1v) is 9.43. The van der Waals surface area contributed by atoms with Gasteiger partial charge in [-0.1, -0.05) is 13.0 Å². The van der Waals surface area contributed by atoms with Crippen molar-refractivity contribution in [2.24, 2.45) is 11.8 Å². The Labute approximate surface area is 149 Å². The molecule has 1 aromatic rings. The van der Waals surface area contributed by atoms with Crippen molar-refractivity contribution in [1.29, 1.82) is 0 Å². The van der Waals surface area contributed by atoms with Gasteiger partial charge >= 0.3 is 5.97 Å². The molecule has 0 spiro atoms. The van der Waals surface area contributed by atoms with Crippen molar-refractivity contribution in [1.82, 2.24) is 0 Å². The number of nitrogens with zero attached hydrogens (tertiary/aromatic N) is 1. The van der Waals surface area contributed by atoms with Crippen LogP contribution in [0.5, 0.6) is 0 Å². The van der Waals surface area contributed by atoms with Crippen LogP contribution >= 0.6 is 0 Å². The number of piperidine rings is 1. The normalized spacial score (nSPS) is 20.3. The molecule has 1 atom stereocenters. The van der Waals surface area contributed by atoms with Crippen LogP contribution in [0.1, 0.15) is 44.6 Å². The average molecular weight is 349 g/mol. The number of carbonyl (C=O) groups excluding carboxylic acids is 1. The topological polar surface area (TPSA) is 38.8 Å². The number of hydrogen-bond donors (Lipinski definition) is 0. The largest absolute Gasteiger partial charge is 0.461 e. The Kier molecular flexibility index (Phi) is 6.29.